The molecule has 5 nitrogen and oxygen atoms in total. The van der Waals surface area contributed by atoms with Crippen molar-refractivity contribution >= 4 is 0 Å². The monoisotopic (exact) mass is 235 g/mol. The van der Waals surface area contributed by atoms with Crippen LogP contribution in [0.4, 0.5) is 0 Å². The van der Waals surface area contributed by atoms with Crippen molar-refractivity contribution in [1.29, 1.82) is 0 Å². The summed E-state index contributed by atoms with van der Waals surface area (Å²) in [4.78, 5) is 0. The quantitative estimate of drug-likeness (QED) is 0.400. The van der Waals surface area contributed by atoms with Gasteiger partial charge in [0.25, 0.3) is 0 Å². The average molecular weight is 235 g/mol. The van der Waals surface area contributed by atoms with E-state index in [1.165, 1.54) is 0 Å². The van der Waals surface area contributed by atoms with Gasteiger partial charge in [-0.1, -0.05) is 0 Å². The van der Waals surface area contributed by atoms with Gasteiger partial charge >= 0.3 is 0 Å². The summed E-state index contributed by atoms with van der Waals surface area (Å²) in [6, 6.07) is 0. The molecule has 98 valence electrons. The van der Waals surface area contributed by atoms with Crippen LogP contribution >= 0.6 is 0 Å². The number of aliphatic hydroxyl groups is 1. The van der Waals surface area contributed by atoms with E-state index in [1.807, 2.05) is 13.8 Å². The Morgan fingerprint density at radius 3 is 2.31 bits per heavy atom. The lowest BCUT2D eigenvalue weighted by Crippen LogP contribution is -2.32. The van der Waals surface area contributed by atoms with Gasteiger partial charge in [0.1, 0.15) is 0 Å². The van der Waals surface area contributed by atoms with Crippen molar-refractivity contribution in [3.05, 3.63) is 0 Å². The summed E-state index contributed by atoms with van der Waals surface area (Å²) in [5.74, 6) is 0. The molecule has 0 aromatic carbocycles. The molecule has 0 aromatic heterocycles. The molecule has 0 spiro atoms. The van der Waals surface area contributed by atoms with E-state index < -0.39 is 6.10 Å². The molecule has 0 saturated carbocycles. The first-order chi connectivity index (χ1) is 7.74. The highest BCUT2D eigenvalue weighted by Crippen LogP contribution is 1.99. The van der Waals surface area contributed by atoms with Gasteiger partial charge in [0.2, 0.25) is 0 Å². The van der Waals surface area contributed by atoms with Crippen LogP contribution in [0.15, 0.2) is 0 Å². The average Bonchev–Trinajstić information content (AvgIpc) is 2.25. The summed E-state index contributed by atoms with van der Waals surface area (Å²) < 4.78 is 15.6. The molecular formula is C11H25NO4. The Balaban J connectivity index is 3.45. The van der Waals surface area contributed by atoms with Crippen molar-refractivity contribution in [3.63, 3.8) is 0 Å². The van der Waals surface area contributed by atoms with Crippen LogP contribution in [0.2, 0.25) is 0 Å². The molecule has 0 radical (unpaired) electrons. The molecule has 0 bridgehead atoms. The lowest BCUT2D eigenvalue weighted by Gasteiger charge is -2.17. The Kier molecular flexibility index (Phi) is 11.1. The first-order valence-corrected chi connectivity index (χ1v) is 5.85. The largest absolute Gasteiger partial charge is 0.389 e. The molecule has 0 saturated heterocycles. The molecule has 0 aliphatic heterocycles. The predicted octanol–water partition coefficient (Wildman–Crippen LogP) is 0.373. The van der Waals surface area contributed by atoms with Gasteiger partial charge in [-0.05, 0) is 13.8 Å². The van der Waals surface area contributed by atoms with Gasteiger partial charge in [0, 0.05) is 39.8 Å². The second kappa shape index (κ2) is 11.3. The van der Waals surface area contributed by atoms with Crippen LogP contribution < -0.4 is 5.32 Å². The number of hydrogen-bond donors (Lipinski definition) is 2. The summed E-state index contributed by atoms with van der Waals surface area (Å²) in [7, 11) is 1.57. The third kappa shape index (κ3) is 9.06. The number of hydrogen-bond acceptors (Lipinski definition) is 5. The van der Waals surface area contributed by atoms with E-state index in [1.54, 1.807) is 7.11 Å². The summed E-state index contributed by atoms with van der Waals surface area (Å²) >= 11 is 0. The number of aliphatic hydroxyl groups excluding tert-OH is 1. The number of methoxy groups -OCH3 is 1. The molecule has 5 heteroatoms. The molecule has 0 aliphatic rings. The molecular weight excluding hydrogens is 210 g/mol. The maximum absolute atomic E-state index is 9.37. The fraction of sp³-hybridized carbons (Fsp3) is 1.00. The predicted molar refractivity (Wildman–Crippen MR) is 62.4 cm³/mol. The maximum Gasteiger partial charge on any atom is 0.158 e. The third-order valence-electron chi connectivity index (χ3n) is 2.00. The minimum Gasteiger partial charge on any atom is -0.389 e. The zero-order valence-electron chi connectivity index (χ0n) is 10.6. The van der Waals surface area contributed by atoms with E-state index >= 15 is 0 Å². The topological polar surface area (TPSA) is 60.0 Å². The van der Waals surface area contributed by atoms with Crippen LogP contribution in [0, 0.1) is 0 Å². The Morgan fingerprint density at radius 2 is 1.81 bits per heavy atom. The van der Waals surface area contributed by atoms with E-state index in [-0.39, 0.29) is 6.29 Å². The molecule has 0 aliphatic carbocycles. The van der Waals surface area contributed by atoms with E-state index in [0.717, 1.165) is 13.0 Å². The molecule has 2 N–H and O–H groups in total. The van der Waals surface area contributed by atoms with Gasteiger partial charge in [-0.2, -0.15) is 0 Å². The normalized spacial score (nSPS) is 13.3. The van der Waals surface area contributed by atoms with Gasteiger partial charge in [0.05, 0.1) is 12.7 Å². The van der Waals surface area contributed by atoms with Crippen LogP contribution in [0.1, 0.15) is 20.3 Å². The van der Waals surface area contributed by atoms with Crippen molar-refractivity contribution in [2.24, 2.45) is 0 Å². The second-order valence-electron chi connectivity index (χ2n) is 3.44. The smallest absolute Gasteiger partial charge is 0.158 e. The molecule has 0 rings (SSSR count). The lowest BCUT2D eigenvalue weighted by atomic mass is 10.3. The minimum absolute atomic E-state index is 0.151. The summed E-state index contributed by atoms with van der Waals surface area (Å²) in [6.07, 6.45) is 0.172. The molecule has 0 aromatic rings. The van der Waals surface area contributed by atoms with E-state index in [0.29, 0.717) is 26.4 Å². The Morgan fingerprint density at radius 1 is 1.19 bits per heavy atom. The summed E-state index contributed by atoms with van der Waals surface area (Å²) in [5, 5.41) is 12.5. The first-order valence-electron chi connectivity index (χ1n) is 5.85. The highest BCUT2D eigenvalue weighted by atomic mass is 16.7. The fourth-order valence-electron chi connectivity index (χ4n) is 1.33. The Bertz CT molecular complexity index is 140. The highest BCUT2D eigenvalue weighted by Gasteiger charge is 2.08. The second-order valence-corrected chi connectivity index (χ2v) is 3.44. The van der Waals surface area contributed by atoms with Crippen molar-refractivity contribution in [1.82, 2.24) is 5.32 Å². The van der Waals surface area contributed by atoms with E-state index in [9.17, 15) is 5.11 Å². The van der Waals surface area contributed by atoms with Gasteiger partial charge in [-0.15, -0.1) is 0 Å². The molecule has 0 heterocycles. The van der Waals surface area contributed by atoms with Crippen LogP contribution in [0.5, 0.6) is 0 Å². The number of rotatable bonds is 11. The van der Waals surface area contributed by atoms with E-state index in [4.69, 9.17) is 14.2 Å². The Labute approximate surface area is 98.1 Å². The SMILES string of the molecule is CCOC(CCNCC(O)COC)OCC. The van der Waals surface area contributed by atoms with Crippen molar-refractivity contribution < 1.29 is 19.3 Å². The zero-order chi connectivity index (χ0) is 12.2. The molecule has 0 fully saturated rings. The molecule has 1 unspecified atom stereocenters. The lowest BCUT2D eigenvalue weighted by molar-refractivity contribution is -0.138. The highest BCUT2D eigenvalue weighted by molar-refractivity contribution is 4.59. The summed E-state index contributed by atoms with van der Waals surface area (Å²) in [6.45, 7) is 6.83. The Hall–Kier alpha value is -0.200. The molecule has 0 amide bonds. The number of ether oxygens (including phenoxy) is 3. The summed E-state index contributed by atoms with van der Waals surface area (Å²) in [5.41, 5.74) is 0. The van der Waals surface area contributed by atoms with Crippen molar-refractivity contribution in [3.8, 4) is 0 Å². The van der Waals surface area contributed by atoms with Gasteiger partial charge in [-0.3, -0.25) is 0 Å². The van der Waals surface area contributed by atoms with Crippen LogP contribution in [0.25, 0.3) is 0 Å². The minimum atomic E-state index is -0.456. The standard InChI is InChI=1S/C11H25NO4/c1-4-15-11(16-5-2)6-7-12-8-10(13)9-14-3/h10-13H,4-9H2,1-3H3. The fourth-order valence-corrected chi connectivity index (χ4v) is 1.33. The van der Waals surface area contributed by atoms with Crippen LogP contribution in [0.3, 0.4) is 0 Å². The van der Waals surface area contributed by atoms with Crippen LogP contribution in [-0.2, 0) is 14.2 Å². The zero-order valence-corrected chi connectivity index (χ0v) is 10.6. The van der Waals surface area contributed by atoms with E-state index in [2.05, 4.69) is 5.32 Å². The van der Waals surface area contributed by atoms with Crippen molar-refractivity contribution in [2.75, 3.05) is 40.0 Å². The molecule has 16 heavy (non-hydrogen) atoms. The van der Waals surface area contributed by atoms with Gasteiger partial charge in [-0.25, -0.2) is 0 Å². The van der Waals surface area contributed by atoms with Gasteiger partial charge < -0.3 is 24.6 Å². The maximum atomic E-state index is 9.37. The third-order valence-corrected chi connectivity index (χ3v) is 2.00. The van der Waals surface area contributed by atoms with Crippen LogP contribution in [-0.4, -0.2) is 57.5 Å². The van der Waals surface area contributed by atoms with Gasteiger partial charge in [0.15, 0.2) is 6.29 Å². The first kappa shape index (κ1) is 15.8. The van der Waals surface area contributed by atoms with Crippen molar-refractivity contribution in [2.45, 2.75) is 32.7 Å². The number of nitrogens with one attached hydrogen (secondary N) is 1. The molecule has 1 atom stereocenters.